The Bertz CT molecular complexity index is 406. The van der Waals surface area contributed by atoms with Gasteiger partial charge in [0, 0.05) is 12.6 Å². The van der Waals surface area contributed by atoms with Crippen LogP contribution in [0.5, 0.6) is 5.75 Å². The average Bonchev–Trinajstić information content (AvgIpc) is 2.41. The van der Waals surface area contributed by atoms with E-state index < -0.39 is 6.10 Å². The maximum absolute atomic E-state index is 11.9. The molecular weight excluding hydrogens is 254 g/mol. The zero-order valence-electron chi connectivity index (χ0n) is 12.8. The van der Waals surface area contributed by atoms with Gasteiger partial charge in [-0.05, 0) is 39.4 Å². The Morgan fingerprint density at radius 1 is 1.40 bits per heavy atom. The standard InChI is InChI=1S/C15H25N3O2/c1-5-6-11(2)18-15(19)12(3)20-14-8-7-13(9-16-4)17-10-14/h7-8,10-12,16H,5-6,9H2,1-4H3,(H,18,19). The molecule has 0 bridgehead atoms. The number of carbonyl (C=O) groups excluding carboxylic acids is 1. The highest BCUT2D eigenvalue weighted by atomic mass is 16.5. The van der Waals surface area contributed by atoms with Gasteiger partial charge in [-0.3, -0.25) is 9.78 Å². The fourth-order valence-electron chi connectivity index (χ4n) is 1.89. The van der Waals surface area contributed by atoms with Crippen molar-refractivity contribution in [1.29, 1.82) is 0 Å². The van der Waals surface area contributed by atoms with Crippen molar-refractivity contribution >= 4 is 5.91 Å². The maximum atomic E-state index is 11.9. The molecule has 20 heavy (non-hydrogen) atoms. The van der Waals surface area contributed by atoms with E-state index in [1.165, 1.54) is 0 Å². The topological polar surface area (TPSA) is 63.2 Å². The van der Waals surface area contributed by atoms with Crippen molar-refractivity contribution in [2.24, 2.45) is 0 Å². The number of pyridine rings is 1. The first-order valence-electron chi connectivity index (χ1n) is 7.13. The minimum absolute atomic E-state index is 0.0924. The van der Waals surface area contributed by atoms with E-state index in [9.17, 15) is 4.79 Å². The van der Waals surface area contributed by atoms with Gasteiger partial charge in [-0.15, -0.1) is 0 Å². The van der Waals surface area contributed by atoms with E-state index in [0.717, 1.165) is 18.5 Å². The van der Waals surface area contributed by atoms with Gasteiger partial charge < -0.3 is 15.4 Å². The van der Waals surface area contributed by atoms with Crippen LogP contribution < -0.4 is 15.4 Å². The van der Waals surface area contributed by atoms with Crippen LogP contribution in [0.1, 0.15) is 39.3 Å². The minimum atomic E-state index is -0.522. The molecule has 1 amide bonds. The molecule has 0 saturated heterocycles. The van der Waals surface area contributed by atoms with Gasteiger partial charge in [0.2, 0.25) is 0 Å². The highest BCUT2D eigenvalue weighted by molar-refractivity contribution is 5.80. The summed E-state index contributed by atoms with van der Waals surface area (Å²) in [7, 11) is 1.87. The van der Waals surface area contributed by atoms with Crippen LogP contribution in [-0.4, -0.2) is 30.1 Å². The van der Waals surface area contributed by atoms with Crippen molar-refractivity contribution in [3.8, 4) is 5.75 Å². The van der Waals surface area contributed by atoms with Crippen LogP contribution in [0.2, 0.25) is 0 Å². The minimum Gasteiger partial charge on any atom is -0.479 e. The van der Waals surface area contributed by atoms with Crippen LogP contribution in [0.25, 0.3) is 0 Å². The van der Waals surface area contributed by atoms with Gasteiger partial charge in [0.1, 0.15) is 5.75 Å². The maximum Gasteiger partial charge on any atom is 0.260 e. The second kappa shape index (κ2) is 8.53. The molecule has 5 nitrogen and oxygen atoms in total. The number of amides is 1. The fourth-order valence-corrected chi connectivity index (χ4v) is 1.89. The molecule has 1 aromatic heterocycles. The summed E-state index contributed by atoms with van der Waals surface area (Å²) >= 11 is 0. The van der Waals surface area contributed by atoms with Crippen molar-refractivity contribution in [2.75, 3.05) is 7.05 Å². The Balaban J connectivity index is 2.48. The lowest BCUT2D eigenvalue weighted by atomic mass is 10.2. The van der Waals surface area contributed by atoms with E-state index >= 15 is 0 Å². The predicted molar refractivity (Wildman–Crippen MR) is 79.6 cm³/mol. The van der Waals surface area contributed by atoms with E-state index in [-0.39, 0.29) is 11.9 Å². The van der Waals surface area contributed by atoms with E-state index in [4.69, 9.17) is 4.74 Å². The molecule has 0 radical (unpaired) electrons. The van der Waals surface area contributed by atoms with Gasteiger partial charge in [-0.1, -0.05) is 13.3 Å². The smallest absolute Gasteiger partial charge is 0.260 e. The molecule has 0 aliphatic rings. The second-order valence-electron chi connectivity index (χ2n) is 4.97. The molecule has 2 atom stereocenters. The highest BCUT2D eigenvalue weighted by Gasteiger charge is 2.16. The second-order valence-corrected chi connectivity index (χ2v) is 4.97. The Morgan fingerprint density at radius 2 is 2.15 bits per heavy atom. The number of nitrogens with zero attached hydrogens (tertiary/aromatic N) is 1. The van der Waals surface area contributed by atoms with Gasteiger partial charge in [-0.2, -0.15) is 0 Å². The SMILES string of the molecule is CCCC(C)NC(=O)C(C)Oc1ccc(CNC)nc1. The van der Waals surface area contributed by atoms with Gasteiger partial charge in [0.25, 0.3) is 5.91 Å². The molecule has 0 saturated carbocycles. The third-order valence-corrected chi connectivity index (χ3v) is 2.95. The molecule has 0 spiro atoms. The molecule has 2 N–H and O–H groups in total. The molecule has 0 aliphatic carbocycles. The summed E-state index contributed by atoms with van der Waals surface area (Å²) in [4.78, 5) is 16.2. The molecule has 1 aromatic rings. The molecule has 5 heteroatoms. The number of aromatic nitrogens is 1. The van der Waals surface area contributed by atoms with E-state index in [2.05, 4.69) is 22.5 Å². The quantitative estimate of drug-likeness (QED) is 0.762. The van der Waals surface area contributed by atoms with Crippen LogP contribution in [0.3, 0.4) is 0 Å². The van der Waals surface area contributed by atoms with Crippen LogP contribution in [-0.2, 0) is 11.3 Å². The van der Waals surface area contributed by atoms with Crippen LogP contribution in [0, 0.1) is 0 Å². The average molecular weight is 279 g/mol. The van der Waals surface area contributed by atoms with Gasteiger partial charge in [0.05, 0.1) is 11.9 Å². The number of hydrogen-bond donors (Lipinski definition) is 2. The van der Waals surface area contributed by atoms with Gasteiger partial charge in [-0.25, -0.2) is 0 Å². The first kappa shape index (κ1) is 16.4. The number of ether oxygens (including phenoxy) is 1. The monoisotopic (exact) mass is 279 g/mol. The van der Waals surface area contributed by atoms with Crippen molar-refractivity contribution in [3.05, 3.63) is 24.0 Å². The summed E-state index contributed by atoms with van der Waals surface area (Å²) in [5.41, 5.74) is 0.938. The Kier molecular flexibility index (Phi) is 7.01. The number of rotatable bonds is 8. The van der Waals surface area contributed by atoms with Crippen LogP contribution in [0.15, 0.2) is 18.3 Å². The zero-order chi connectivity index (χ0) is 15.0. The summed E-state index contributed by atoms with van der Waals surface area (Å²) in [6, 6.07) is 3.89. The Labute approximate surface area is 121 Å². The first-order valence-corrected chi connectivity index (χ1v) is 7.13. The fraction of sp³-hybridized carbons (Fsp3) is 0.600. The molecular formula is C15H25N3O2. The van der Waals surface area contributed by atoms with Crippen LogP contribution in [0.4, 0.5) is 0 Å². The third-order valence-electron chi connectivity index (χ3n) is 2.95. The summed E-state index contributed by atoms with van der Waals surface area (Å²) < 4.78 is 5.59. The van der Waals surface area contributed by atoms with Crippen molar-refractivity contribution < 1.29 is 9.53 Å². The van der Waals surface area contributed by atoms with E-state index in [1.54, 1.807) is 13.1 Å². The molecule has 2 unspecified atom stereocenters. The summed E-state index contributed by atoms with van der Waals surface area (Å²) in [6.07, 6.45) is 3.14. The van der Waals surface area contributed by atoms with E-state index in [0.29, 0.717) is 12.3 Å². The van der Waals surface area contributed by atoms with Crippen LogP contribution >= 0.6 is 0 Å². The van der Waals surface area contributed by atoms with Gasteiger partial charge in [0.15, 0.2) is 6.10 Å². The van der Waals surface area contributed by atoms with Crippen molar-refractivity contribution in [2.45, 2.75) is 52.3 Å². The lowest BCUT2D eigenvalue weighted by molar-refractivity contribution is -0.127. The Hall–Kier alpha value is -1.62. The molecule has 0 aliphatic heterocycles. The Morgan fingerprint density at radius 3 is 2.70 bits per heavy atom. The molecule has 1 heterocycles. The number of nitrogens with one attached hydrogen (secondary N) is 2. The summed E-state index contributed by atoms with van der Waals surface area (Å²) in [5, 5.41) is 5.97. The van der Waals surface area contributed by atoms with Crippen molar-refractivity contribution in [3.63, 3.8) is 0 Å². The highest BCUT2D eigenvalue weighted by Crippen LogP contribution is 2.11. The summed E-state index contributed by atoms with van der Waals surface area (Å²) in [6.45, 7) is 6.56. The predicted octanol–water partition coefficient (Wildman–Crippen LogP) is 1.87. The number of hydrogen-bond acceptors (Lipinski definition) is 4. The molecule has 0 aromatic carbocycles. The van der Waals surface area contributed by atoms with Gasteiger partial charge >= 0.3 is 0 Å². The first-order chi connectivity index (χ1) is 9.56. The molecule has 0 fully saturated rings. The third kappa shape index (κ3) is 5.57. The lowest BCUT2D eigenvalue weighted by Gasteiger charge is -2.18. The normalized spacial score (nSPS) is 13.6. The van der Waals surface area contributed by atoms with E-state index in [1.807, 2.05) is 26.1 Å². The molecule has 1 rings (SSSR count). The summed E-state index contributed by atoms with van der Waals surface area (Å²) in [5.74, 6) is 0.515. The largest absolute Gasteiger partial charge is 0.479 e. The number of carbonyl (C=O) groups is 1. The lowest BCUT2D eigenvalue weighted by Crippen LogP contribution is -2.41. The van der Waals surface area contributed by atoms with Crippen molar-refractivity contribution in [1.82, 2.24) is 15.6 Å². The molecule has 112 valence electrons. The zero-order valence-corrected chi connectivity index (χ0v) is 12.8.